The van der Waals surface area contributed by atoms with E-state index in [9.17, 15) is 9.59 Å². The van der Waals surface area contributed by atoms with E-state index in [2.05, 4.69) is 20.6 Å². The number of nitrogens with zero attached hydrogens (tertiary/aromatic N) is 3. The number of imidazole rings is 1. The van der Waals surface area contributed by atoms with Gasteiger partial charge in [0.2, 0.25) is 0 Å². The fourth-order valence-electron chi connectivity index (χ4n) is 3.06. The third-order valence-electron chi connectivity index (χ3n) is 4.61. The molecule has 0 aliphatic carbocycles. The summed E-state index contributed by atoms with van der Waals surface area (Å²) in [5.41, 5.74) is 2.03. The predicted octanol–water partition coefficient (Wildman–Crippen LogP) is 4.64. The topological polar surface area (TPSA) is 88.9 Å². The van der Waals surface area contributed by atoms with E-state index in [1.807, 2.05) is 29.9 Å². The highest BCUT2D eigenvalue weighted by atomic mass is 35.5. The molecule has 0 unspecified atom stereocenters. The van der Waals surface area contributed by atoms with Crippen LogP contribution in [0.2, 0.25) is 5.02 Å². The van der Waals surface area contributed by atoms with Crippen LogP contribution >= 0.6 is 11.6 Å². The molecule has 31 heavy (non-hydrogen) atoms. The second kappa shape index (κ2) is 8.81. The Morgan fingerprint density at radius 1 is 0.871 bits per heavy atom. The van der Waals surface area contributed by atoms with Crippen molar-refractivity contribution < 1.29 is 9.59 Å². The van der Waals surface area contributed by atoms with E-state index in [0.717, 1.165) is 11.4 Å². The minimum Gasteiger partial charge on any atom is -0.334 e. The summed E-state index contributed by atoms with van der Waals surface area (Å²) in [7, 11) is 1.92. The molecule has 4 rings (SSSR count). The number of carbonyl (C=O) groups is 2. The summed E-state index contributed by atoms with van der Waals surface area (Å²) >= 11 is 5.82. The smallest absolute Gasteiger partial charge is 0.257 e. The van der Waals surface area contributed by atoms with Crippen molar-refractivity contribution in [3.05, 3.63) is 95.4 Å². The lowest BCUT2D eigenvalue weighted by Gasteiger charge is -2.11. The molecule has 154 valence electrons. The van der Waals surface area contributed by atoms with Gasteiger partial charge in [0.15, 0.2) is 0 Å². The number of rotatable bonds is 5. The van der Waals surface area contributed by atoms with Crippen LogP contribution in [0.25, 0.3) is 11.4 Å². The third-order valence-corrected chi connectivity index (χ3v) is 4.83. The maximum Gasteiger partial charge on any atom is 0.257 e. The number of carbonyl (C=O) groups excluding carboxylic acids is 2. The Kier molecular flexibility index (Phi) is 5.77. The molecule has 0 radical (unpaired) electrons. The van der Waals surface area contributed by atoms with Crippen LogP contribution < -0.4 is 10.6 Å². The highest BCUT2D eigenvalue weighted by Gasteiger charge is 2.17. The first kappa shape index (κ1) is 20.3. The first-order valence-corrected chi connectivity index (χ1v) is 9.80. The number of amides is 2. The van der Waals surface area contributed by atoms with Gasteiger partial charge in [0.25, 0.3) is 11.8 Å². The Morgan fingerprint density at radius 2 is 1.55 bits per heavy atom. The SMILES string of the molecule is Cn1ccnc1-c1ccc(NC(=O)c2ccccc2C(=O)Nc2ccc(Cl)cn2)cc1. The molecule has 0 aliphatic rings. The number of nitrogens with one attached hydrogen (secondary N) is 2. The molecule has 2 N–H and O–H groups in total. The maximum atomic E-state index is 12.9. The summed E-state index contributed by atoms with van der Waals surface area (Å²) in [6, 6.07) is 17.1. The van der Waals surface area contributed by atoms with Gasteiger partial charge in [-0.2, -0.15) is 0 Å². The molecule has 7 nitrogen and oxygen atoms in total. The molecule has 0 spiro atoms. The Labute approximate surface area is 183 Å². The number of aryl methyl sites for hydroxylation is 1. The fourth-order valence-corrected chi connectivity index (χ4v) is 3.17. The van der Waals surface area contributed by atoms with Gasteiger partial charge in [-0.25, -0.2) is 9.97 Å². The maximum absolute atomic E-state index is 12.9. The lowest BCUT2D eigenvalue weighted by Crippen LogP contribution is -2.20. The van der Waals surface area contributed by atoms with Crippen LogP contribution in [0.4, 0.5) is 11.5 Å². The summed E-state index contributed by atoms with van der Waals surface area (Å²) in [6.07, 6.45) is 5.03. The van der Waals surface area contributed by atoms with E-state index in [0.29, 0.717) is 16.5 Å². The number of aromatic nitrogens is 3. The van der Waals surface area contributed by atoms with E-state index in [4.69, 9.17) is 11.6 Å². The molecule has 0 saturated carbocycles. The number of hydrogen-bond acceptors (Lipinski definition) is 4. The number of hydrogen-bond donors (Lipinski definition) is 2. The molecule has 2 heterocycles. The summed E-state index contributed by atoms with van der Waals surface area (Å²) in [5, 5.41) is 5.97. The number of anilines is 2. The molecule has 0 saturated heterocycles. The van der Waals surface area contributed by atoms with Crippen LogP contribution in [0, 0.1) is 0 Å². The van der Waals surface area contributed by atoms with Crippen LogP contribution in [0.3, 0.4) is 0 Å². The van der Waals surface area contributed by atoms with E-state index in [1.54, 1.807) is 54.7 Å². The lowest BCUT2D eigenvalue weighted by atomic mass is 10.1. The molecule has 2 aromatic heterocycles. The Bertz CT molecular complexity index is 1230. The van der Waals surface area contributed by atoms with E-state index in [1.165, 1.54) is 6.20 Å². The second-order valence-corrected chi connectivity index (χ2v) is 7.19. The van der Waals surface area contributed by atoms with Crippen LogP contribution in [-0.2, 0) is 7.05 Å². The van der Waals surface area contributed by atoms with Crippen molar-refractivity contribution in [2.24, 2.45) is 7.05 Å². The summed E-state index contributed by atoms with van der Waals surface area (Å²) in [6.45, 7) is 0. The van der Waals surface area contributed by atoms with Gasteiger partial charge in [-0.3, -0.25) is 9.59 Å². The van der Waals surface area contributed by atoms with Crippen molar-refractivity contribution in [3.63, 3.8) is 0 Å². The van der Waals surface area contributed by atoms with Crippen molar-refractivity contribution in [2.75, 3.05) is 10.6 Å². The third kappa shape index (κ3) is 4.62. The first-order chi connectivity index (χ1) is 15.0. The molecule has 2 amide bonds. The van der Waals surface area contributed by atoms with Crippen LogP contribution in [0.15, 0.2) is 79.3 Å². The standard InChI is InChI=1S/C23H18ClN5O2/c1-29-13-12-25-21(29)15-6-9-17(10-7-15)27-22(30)18-4-2-3-5-19(18)23(31)28-20-11-8-16(24)14-26-20/h2-14H,1H3,(H,27,30)(H,26,28,31). The zero-order valence-electron chi connectivity index (χ0n) is 16.5. The number of benzene rings is 2. The van der Waals surface area contributed by atoms with E-state index < -0.39 is 5.91 Å². The molecule has 4 aromatic rings. The van der Waals surface area contributed by atoms with Crippen molar-refractivity contribution in [1.29, 1.82) is 0 Å². The van der Waals surface area contributed by atoms with Crippen molar-refractivity contribution in [2.45, 2.75) is 0 Å². The minimum absolute atomic E-state index is 0.237. The molecule has 8 heteroatoms. The Morgan fingerprint density at radius 3 is 2.13 bits per heavy atom. The normalized spacial score (nSPS) is 10.5. The summed E-state index contributed by atoms with van der Waals surface area (Å²) in [4.78, 5) is 33.9. The molecular formula is C23H18ClN5O2. The summed E-state index contributed by atoms with van der Waals surface area (Å²) < 4.78 is 1.91. The van der Waals surface area contributed by atoms with Crippen LogP contribution in [0.1, 0.15) is 20.7 Å². The number of halogens is 1. The molecule has 0 bridgehead atoms. The minimum atomic E-state index is -0.439. The van der Waals surface area contributed by atoms with Gasteiger partial charge in [0.05, 0.1) is 16.1 Å². The number of pyridine rings is 1. The lowest BCUT2D eigenvalue weighted by molar-refractivity contribution is 0.0990. The zero-order valence-corrected chi connectivity index (χ0v) is 17.3. The van der Waals surface area contributed by atoms with Gasteiger partial charge >= 0.3 is 0 Å². The van der Waals surface area contributed by atoms with Crippen molar-refractivity contribution in [3.8, 4) is 11.4 Å². The van der Waals surface area contributed by atoms with Gasteiger partial charge < -0.3 is 15.2 Å². The van der Waals surface area contributed by atoms with Crippen molar-refractivity contribution in [1.82, 2.24) is 14.5 Å². The van der Waals surface area contributed by atoms with Gasteiger partial charge in [-0.05, 0) is 48.5 Å². The van der Waals surface area contributed by atoms with Crippen molar-refractivity contribution >= 4 is 34.9 Å². The second-order valence-electron chi connectivity index (χ2n) is 6.75. The largest absolute Gasteiger partial charge is 0.334 e. The first-order valence-electron chi connectivity index (χ1n) is 9.42. The average molecular weight is 432 g/mol. The molecular weight excluding hydrogens is 414 g/mol. The van der Waals surface area contributed by atoms with Crippen LogP contribution in [0.5, 0.6) is 0 Å². The predicted molar refractivity (Wildman–Crippen MR) is 120 cm³/mol. The molecule has 0 fully saturated rings. The Hall–Kier alpha value is -3.97. The van der Waals surface area contributed by atoms with Gasteiger partial charge in [-0.1, -0.05) is 23.7 Å². The van der Waals surface area contributed by atoms with Crippen LogP contribution in [-0.4, -0.2) is 26.3 Å². The van der Waals surface area contributed by atoms with E-state index in [-0.39, 0.29) is 17.0 Å². The fraction of sp³-hybridized carbons (Fsp3) is 0.0435. The Balaban J connectivity index is 1.51. The average Bonchev–Trinajstić information content (AvgIpc) is 3.21. The molecule has 0 atom stereocenters. The quantitative estimate of drug-likeness (QED) is 0.481. The zero-order chi connectivity index (χ0) is 21.8. The summed E-state index contributed by atoms with van der Waals surface area (Å²) in [5.74, 6) is 0.343. The van der Waals surface area contributed by atoms with Gasteiger partial charge in [0, 0.05) is 36.9 Å². The van der Waals surface area contributed by atoms with E-state index >= 15 is 0 Å². The highest BCUT2D eigenvalue weighted by molar-refractivity contribution is 6.30. The van der Waals surface area contributed by atoms with Gasteiger partial charge in [-0.15, -0.1) is 0 Å². The molecule has 0 aliphatic heterocycles. The van der Waals surface area contributed by atoms with Gasteiger partial charge in [0.1, 0.15) is 11.6 Å². The monoisotopic (exact) mass is 431 g/mol. The highest BCUT2D eigenvalue weighted by Crippen LogP contribution is 2.20. The molecule has 2 aromatic carbocycles.